The molecule has 0 heterocycles. The van der Waals surface area contributed by atoms with Crippen LogP contribution in [0.2, 0.25) is 0 Å². The number of para-hydroxylation sites is 2. The van der Waals surface area contributed by atoms with Crippen LogP contribution in [0.4, 0.5) is 0 Å². The van der Waals surface area contributed by atoms with Gasteiger partial charge in [0.25, 0.3) is 0 Å². The number of carbonyl (C=O) groups excluding carboxylic acids is 2. The van der Waals surface area contributed by atoms with Crippen LogP contribution in [0.1, 0.15) is 27.7 Å². The molecule has 0 aliphatic rings. The molecule has 0 amide bonds. The molecule has 0 aromatic heterocycles. The monoisotopic (exact) mass is 546 g/mol. The zero-order valence-corrected chi connectivity index (χ0v) is 20.9. The molecule has 0 fully saturated rings. The Morgan fingerprint density at radius 1 is 0.733 bits per heavy atom. The van der Waals surface area contributed by atoms with E-state index in [0.717, 1.165) is 8.92 Å². The first-order chi connectivity index (χ1) is 14.5. The standard InChI is InChI=1S/C22H26O6Se2/c1-5-25-21(23)15(3)27-17-11-7-9-13-19(17)29-30-20-14-10-8-12-18(20)28-16(4)22(24)26-6-2/h7-16H,5-6H2,1-4H3/t15-,16-/m1/s1. The van der Waals surface area contributed by atoms with Crippen molar-refractivity contribution in [3.05, 3.63) is 48.5 Å². The Kier molecular flexibility index (Phi) is 10.2. The molecule has 0 aliphatic carbocycles. The van der Waals surface area contributed by atoms with Crippen LogP contribution >= 0.6 is 0 Å². The van der Waals surface area contributed by atoms with Gasteiger partial charge in [0, 0.05) is 0 Å². The van der Waals surface area contributed by atoms with Crippen LogP contribution in [-0.2, 0) is 19.1 Å². The summed E-state index contributed by atoms with van der Waals surface area (Å²) in [5.74, 6) is 0.630. The van der Waals surface area contributed by atoms with Gasteiger partial charge in [0.1, 0.15) is 0 Å². The van der Waals surface area contributed by atoms with Crippen molar-refractivity contribution in [3.8, 4) is 11.5 Å². The van der Waals surface area contributed by atoms with Crippen molar-refractivity contribution >= 4 is 47.1 Å². The van der Waals surface area contributed by atoms with Crippen molar-refractivity contribution < 1.29 is 28.5 Å². The number of rotatable bonds is 11. The fraction of sp³-hybridized carbons (Fsp3) is 0.364. The van der Waals surface area contributed by atoms with Crippen LogP contribution in [-0.4, -0.2) is 63.6 Å². The number of hydrogen-bond donors (Lipinski definition) is 0. The molecule has 162 valence electrons. The summed E-state index contributed by atoms with van der Waals surface area (Å²) in [6, 6.07) is 15.5. The number of esters is 2. The van der Waals surface area contributed by atoms with Crippen LogP contribution in [0, 0.1) is 0 Å². The van der Waals surface area contributed by atoms with E-state index < -0.39 is 12.2 Å². The fourth-order valence-electron chi connectivity index (χ4n) is 2.32. The molecule has 6 nitrogen and oxygen atoms in total. The molecule has 0 N–H and O–H groups in total. The van der Waals surface area contributed by atoms with Gasteiger partial charge in [0.15, 0.2) is 0 Å². The molecule has 0 radical (unpaired) electrons. The van der Waals surface area contributed by atoms with Gasteiger partial charge in [-0.3, -0.25) is 0 Å². The first kappa shape index (κ1) is 24.3. The molecular formula is C22H26O6Se2. The summed E-state index contributed by atoms with van der Waals surface area (Å²) in [5, 5.41) is 0. The van der Waals surface area contributed by atoms with Gasteiger partial charge in [-0.25, -0.2) is 0 Å². The molecule has 2 atom stereocenters. The summed E-state index contributed by atoms with van der Waals surface area (Å²) in [6.45, 7) is 7.56. The summed E-state index contributed by atoms with van der Waals surface area (Å²) >= 11 is 0.176. The molecular weight excluding hydrogens is 518 g/mol. The van der Waals surface area contributed by atoms with Crippen molar-refractivity contribution in [2.45, 2.75) is 39.9 Å². The third kappa shape index (κ3) is 7.37. The maximum absolute atomic E-state index is 11.9. The first-order valence-electron chi connectivity index (χ1n) is 9.65. The molecule has 8 heteroatoms. The molecule has 30 heavy (non-hydrogen) atoms. The molecule has 0 saturated carbocycles. The predicted molar refractivity (Wildman–Crippen MR) is 117 cm³/mol. The maximum atomic E-state index is 11.9. The molecule has 2 aromatic carbocycles. The van der Waals surface area contributed by atoms with Crippen LogP contribution in [0.5, 0.6) is 11.5 Å². The van der Waals surface area contributed by atoms with Crippen molar-refractivity contribution in [3.63, 3.8) is 0 Å². The summed E-state index contributed by atoms with van der Waals surface area (Å²) < 4.78 is 23.9. The van der Waals surface area contributed by atoms with E-state index in [2.05, 4.69) is 0 Å². The second-order valence-corrected chi connectivity index (χ2v) is 12.3. The Hall–Kier alpha value is -1.98. The van der Waals surface area contributed by atoms with Gasteiger partial charge in [-0.1, -0.05) is 0 Å². The van der Waals surface area contributed by atoms with Crippen molar-refractivity contribution in [2.75, 3.05) is 13.2 Å². The van der Waals surface area contributed by atoms with Gasteiger partial charge in [0.05, 0.1) is 0 Å². The van der Waals surface area contributed by atoms with E-state index in [1.54, 1.807) is 27.7 Å². The molecule has 0 unspecified atom stereocenters. The van der Waals surface area contributed by atoms with E-state index in [4.69, 9.17) is 18.9 Å². The Balaban J connectivity index is 2.08. The van der Waals surface area contributed by atoms with Crippen LogP contribution in [0.15, 0.2) is 48.5 Å². The molecule has 2 aromatic rings. The third-order valence-electron chi connectivity index (χ3n) is 3.76. The van der Waals surface area contributed by atoms with Crippen LogP contribution in [0.3, 0.4) is 0 Å². The minimum atomic E-state index is -0.671. The average Bonchev–Trinajstić information content (AvgIpc) is 2.74. The first-order valence-corrected chi connectivity index (χ1v) is 15.7. The molecule has 0 aliphatic heterocycles. The second kappa shape index (κ2) is 12.7. The zero-order valence-electron chi connectivity index (χ0n) is 17.5. The van der Waals surface area contributed by atoms with E-state index in [9.17, 15) is 9.59 Å². The Bertz CT molecular complexity index is 772. The SMILES string of the molecule is CCOC(=O)[C@@H](C)Oc1ccccc1[Se][Se]c1ccccc1O[C@H](C)C(=O)OCC. The Morgan fingerprint density at radius 3 is 1.47 bits per heavy atom. The Morgan fingerprint density at radius 2 is 1.10 bits per heavy atom. The summed E-state index contributed by atoms with van der Waals surface area (Å²) in [7, 11) is 0. The minimum absolute atomic E-state index is 0.0879. The van der Waals surface area contributed by atoms with Gasteiger partial charge < -0.3 is 0 Å². The van der Waals surface area contributed by atoms with Gasteiger partial charge in [-0.2, -0.15) is 0 Å². The third-order valence-corrected chi connectivity index (χ3v) is 10.9. The van der Waals surface area contributed by atoms with E-state index >= 15 is 0 Å². The van der Waals surface area contributed by atoms with Crippen molar-refractivity contribution in [1.82, 2.24) is 0 Å². The molecule has 0 bridgehead atoms. The summed E-state index contributed by atoms with van der Waals surface area (Å²) in [6.07, 6.45) is -1.34. The van der Waals surface area contributed by atoms with Gasteiger partial charge in [0.2, 0.25) is 0 Å². The summed E-state index contributed by atoms with van der Waals surface area (Å²) in [4.78, 5) is 23.8. The van der Waals surface area contributed by atoms with Gasteiger partial charge in [-0.15, -0.1) is 0 Å². The van der Waals surface area contributed by atoms with Crippen LogP contribution < -0.4 is 18.4 Å². The second-order valence-electron chi connectivity index (χ2n) is 6.08. The number of hydrogen-bond acceptors (Lipinski definition) is 6. The predicted octanol–water partition coefficient (Wildman–Crippen LogP) is 1.62. The molecule has 2 rings (SSSR count). The average molecular weight is 544 g/mol. The van der Waals surface area contributed by atoms with E-state index in [1.165, 1.54) is 0 Å². The van der Waals surface area contributed by atoms with Crippen molar-refractivity contribution in [2.24, 2.45) is 0 Å². The topological polar surface area (TPSA) is 71.1 Å². The van der Waals surface area contributed by atoms with Gasteiger partial charge >= 0.3 is 189 Å². The van der Waals surface area contributed by atoms with Crippen LogP contribution in [0.25, 0.3) is 0 Å². The molecule has 0 saturated heterocycles. The van der Waals surface area contributed by atoms with Crippen molar-refractivity contribution in [1.29, 1.82) is 0 Å². The fourth-order valence-corrected chi connectivity index (χ4v) is 9.05. The quantitative estimate of drug-likeness (QED) is 0.317. The number of carbonyl (C=O) groups is 2. The number of ether oxygens (including phenoxy) is 4. The van der Waals surface area contributed by atoms with E-state index in [1.807, 2.05) is 48.5 Å². The summed E-state index contributed by atoms with van der Waals surface area (Å²) in [5.41, 5.74) is 0. The normalized spacial score (nSPS) is 12.5. The van der Waals surface area contributed by atoms with E-state index in [-0.39, 0.29) is 38.2 Å². The van der Waals surface area contributed by atoms with Gasteiger partial charge in [-0.05, 0) is 0 Å². The zero-order chi connectivity index (χ0) is 21.9. The molecule has 0 spiro atoms. The Labute approximate surface area is 188 Å². The number of benzene rings is 2. The van der Waals surface area contributed by atoms with E-state index in [0.29, 0.717) is 24.7 Å².